The van der Waals surface area contributed by atoms with Crippen molar-refractivity contribution in [2.75, 3.05) is 26.3 Å². The van der Waals surface area contributed by atoms with E-state index in [0.29, 0.717) is 0 Å². The van der Waals surface area contributed by atoms with E-state index >= 15 is 0 Å². The Hall–Kier alpha value is -1.85. The molecule has 2 aliphatic rings. The minimum atomic E-state index is 0.224. The predicted molar refractivity (Wildman–Crippen MR) is 101 cm³/mol. The fourth-order valence-electron chi connectivity index (χ4n) is 3.92. The van der Waals surface area contributed by atoms with Gasteiger partial charge in [0.05, 0.1) is 25.1 Å². The average molecular weight is 355 g/mol. The smallest absolute Gasteiger partial charge is 0.123 e. The first-order valence-electron chi connectivity index (χ1n) is 9.86. The molecule has 0 amide bonds. The van der Waals surface area contributed by atoms with E-state index < -0.39 is 0 Å². The quantitative estimate of drug-likeness (QED) is 0.680. The van der Waals surface area contributed by atoms with Crippen LogP contribution in [0.4, 0.5) is 0 Å². The summed E-state index contributed by atoms with van der Waals surface area (Å²) in [7, 11) is 0. The van der Waals surface area contributed by atoms with Gasteiger partial charge in [-0.25, -0.2) is 4.98 Å². The van der Waals surface area contributed by atoms with E-state index in [9.17, 15) is 0 Å². The fourth-order valence-corrected chi connectivity index (χ4v) is 3.92. The second-order valence-electron chi connectivity index (χ2n) is 7.52. The minimum Gasteiger partial charge on any atom is -0.493 e. The summed E-state index contributed by atoms with van der Waals surface area (Å²) in [4.78, 5) is 6.61. The lowest BCUT2D eigenvalue weighted by Gasteiger charge is -2.47. The highest BCUT2D eigenvalue weighted by atomic mass is 16.5. The molecular formula is C21H29N3O2. The van der Waals surface area contributed by atoms with Crippen molar-refractivity contribution in [1.29, 1.82) is 0 Å². The highest BCUT2D eigenvalue weighted by Crippen LogP contribution is 2.37. The van der Waals surface area contributed by atoms with E-state index in [2.05, 4.69) is 38.7 Å². The monoisotopic (exact) mass is 355 g/mol. The number of nitrogens with zero attached hydrogens (tertiary/aromatic N) is 3. The molecule has 5 nitrogen and oxygen atoms in total. The van der Waals surface area contributed by atoms with Gasteiger partial charge in [-0.1, -0.05) is 18.2 Å². The van der Waals surface area contributed by atoms with Crippen LogP contribution in [0, 0.1) is 0 Å². The van der Waals surface area contributed by atoms with E-state index in [4.69, 9.17) is 9.47 Å². The number of unbranched alkanes of at least 4 members (excludes halogenated alkanes) is 1. The maximum Gasteiger partial charge on any atom is 0.123 e. The van der Waals surface area contributed by atoms with E-state index in [1.54, 1.807) is 0 Å². The molecule has 3 heterocycles. The second-order valence-corrected chi connectivity index (χ2v) is 7.52. The zero-order valence-electron chi connectivity index (χ0n) is 15.5. The number of imidazole rings is 1. The molecular weight excluding hydrogens is 326 g/mol. The van der Waals surface area contributed by atoms with E-state index in [0.717, 1.165) is 58.0 Å². The van der Waals surface area contributed by atoms with Crippen molar-refractivity contribution >= 4 is 0 Å². The van der Waals surface area contributed by atoms with Crippen LogP contribution >= 0.6 is 0 Å². The van der Waals surface area contributed by atoms with Crippen molar-refractivity contribution in [1.82, 2.24) is 14.5 Å². The van der Waals surface area contributed by atoms with Gasteiger partial charge in [-0.05, 0) is 38.2 Å². The zero-order valence-corrected chi connectivity index (χ0v) is 15.5. The number of likely N-dealkylation sites (tertiary alicyclic amines) is 1. The first kappa shape index (κ1) is 17.6. The van der Waals surface area contributed by atoms with E-state index in [1.165, 1.54) is 24.8 Å². The third-order valence-electron chi connectivity index (χ3n) is 5.73. The Labute approximate surface area is 155 Å². The van der Waals surface area contributed by atoms with Crippen molar-refractivity contribution in [3.63, 3.8) is 0 Å². The molecule has 26 heavy (non-hydrogen) atoms. The maximum atomic E-state index is 6.10. The number of piperidine rings is 1. The van der Waals surface area contributed by atoms with Crippen molar-refractivity contribution in [2.24, 2.45) is 0 Å². The van der Waals surface area contributed by atoms with Crippen molar-refractivity contribution in [3.05, 3.63) is 48.5 Å². The molecule has 0 unspecified atom stereocenters. The second kappa shape index (κ2) is 8.23. The number of benzene rings is 1. The summed E-state index contributed by atoms with van der Waals surface area (Å²) >= 11 is 0. The van der Waals surface area contributed by atoms with Crippen LogP contribution < -0.4 is 4.74 Å². The Balaban J connectivity index is 1.22. The van der Waals surface area contributed by atoms with Crippen LogP contribution in [0.25, 0.3) is 0 Å². The Bertz CT molecular complexity index is 672. The Morgan fingerprint density at radius 1 is 1.12 bits per heavy atom. The van der Waals surface area contributed by atoms with Gasteiger partial charge < -0.3 is 14.0 Å². The number of hydrogen-bond acceptors (Lipinski definition) is 4. The van der Waals surface area contributed by atoms with Gasteiger partial charge in [0.25, 0.3) is 0 Å². The topological polar surface area (TPSA) is 39.5 Å². The lowest BCUT2D eigenvalue weighted by atomic mass is 9.84. The fraction of sp³-hybridized carbons (Fsp3) is 0.571. The molecule has 0 saturated carbocycles. The molecule has 0 bridgehead atoms. The summed E-state index contributed by atoms with van der Waals surface area (Å²) in [6.07, 6.45) is 11.4. The van der Waals surface area contributed by atoms with Crippen molar-refractivity contribution in [2.45, 2.75) is 50.8 Å². The number of para-hydroxylation sites is 1. The molecule has 2 aliphatic heterocycles. The number of hydrogen-bond donors (Lipinski definition) is 0. The standard InChI is InChI=1S/C21H29N3O2/c1-2-6-20(25-15-4-3-11-24-14-10-22-18-24)19(5-1)17-23-12-7-21(8-13-23)9-16-26-21/h1-2,5-6,10,14,18H,3-4,7-9,11-13,15-17H2. The SMILES string of the molecule is c1ccc(OCCCCn2ccnc2)c(CN2CCC3(CCO3)CC2)c1. The molecule has 2 saturated heterocycles. The van der Waals surface area contributed by atoms with Crippen molar-refractivity contribution in [3.8, 4) is 5.75 Å². The Morgan fingerprint density at radius 2 is 1.96 bits per heavy atom. The van der Waals surface area contributed by atoms with Gasteiger partial charge in [-0.2, -0.15) is 0 Å². The van der Waals surface area contributed by atoms with Gasteiger partial charge in [0.1, 0.15) is 5.75 Å². The molecule has 0 N–H and O–H groups in total. The van der Waals surface area contributed by atoms with Gasteiger partial charge in [0, 0.05) is 44.1 Å². The number of aromatic nitrogens is 2. The largest absolute Gasteiger partial charge is 0.493 e. The summed E-state index contributed by atoms with van der Waals surface area (Å²) in [5.41, 5.74) is 1.52. The van der Waals surface area contributed by atoms with Crippen molar-refractivity contribution < 1.29 is 9.47 Å². The van der Waals surface area contributed by atoms with Gasteiger partial charge in [0.2, 0.25) is 0 Å². The Morgan fingerprint density at radius 3 is 2.69 bits per heavy atom. The van der Waals surface area contributed by atoms with Crippen LogP contribution in [0.1, 0.15) is 37.7 Å². The first-order chi connectivity index (χ1) is 12.8. The third kappa shape index (κ3) is 4.27. The van der Waals surface area contributed by atoms with Crippen LogP contribution in [0.15, 0.2) is 43.0 Å². The van der Waals surface area contributed by atoms with Crippen LogP contribution in [-0.4, -0.2) is 46.4 Å². The van der Waals surface area contributed by atoms with Crippen LogP contribution in [0.2, 0.25) is 0 Å². The Kier molecular flexibility index (Phi) is 5.56. The van der Waals surface area contributed by atoms with Gasteiger partial charge in [-0.3, -0.25) is 4.90 Å². The number of aryl methyl sites for hydroxylation is 1. The number of rotatable bonds is 8. The third-order valence-corrected chi connectivity index (χ3v) is 5.73. The minimum absolute atomic E-state index is 0.224. The van der Waals surface area contributed by atoms with Crippen LogP contribution in [-0.2, 0) is 17.8 Å². The van der Waals surface area contributed by atoms with Gasteiger partial charge >= 0.3 is 0 Å². The molecule has 5 heteroatoms. The summed E-state index contributed by atoms with van der Waals surface area (Å²) in [5, 5.41) is 0. The van der Waals surface area contributed by atoms with Crippen LogP contribution in [0.5, 0.6) is 5.75 Å². The van der Waals surface area contributed by atoms with E-state index in [1.807, 2.05) is 18.7 Å². The molecule has 1 aromatic heterocycles. The van der Waals surface area contributed by atoms with E-state index in [-0.39, 0.29) is 5.60 Å². The summed E-state index contributed by atoms with van der Waals surface area (Å²) in [5.74, 6) is 1.04. The number of ether oxygens (including phenoxy) is 2. The molecule has 0 aliphatic carbocycles. The summed E-state index contributed by atoms with van der Waals surface area (Å²) in [6.45, 7) is 5.95. The molecule has 140 valence electrons. The maximum absolute atomic E-state index is 6.10. The molecule has 1 aromatic carbocycles. The molecule has 1 spiro atoms. The lowest BCUT2D eigenvalue weighted by molar-refractivity contribution is -0.173. The molecule has 2 aromatic rings. The average Bonchev–Trinajstić information content (AvgIpc) is 3.16. The molecule has 2 fully saturated rings. The van der Waals surface area contributed by atoms with Gasteiger partial charge in [0.15, 0.2) is 0 Å². The normalized spacial score (nSPS) is 19.4. The summed E-state index contributed by atoms with van der Waals surface area (Å²) in [6, 6.07) is 8.48. The lowest BCUT2D eigenvalue weighted by Crippen LogP contribution is -2.52. The molecule has 4 rings (SSSR count). The van der Waals surface area contributed by atoms with Crippen LogP contribution in [0.3, 0.4) is 0 Å². The zero-order chi connectivity index (χ0) is 17.7. The predicted octanol–water partition coefficient (Wildman–Crippen LogP) is 3.50. The molecule has 0 atom stereocenters. The first-order valence-corrected chi connectivity index (χ1v) is 9.86. The summed E-state index contributed by atoms with van der Waals surface area (Å²) < 4.78 is 14.0. The molecule has 0 radical (unpaired) electrons. The highest BCUT2D eigenvalue weighted by molar-refractivity contribution is 5.33. The van der Waals surface area contributed by atoms with Gasteiger partial charge in [-0.15, -0.1) is 0 Å². The highest BCUT2D eigenvalue weighted by Gasteiger charge is 2.40.